The average molecular weight is 304 g/mol. The molecule has 19 heavy (non-hydrogen) atoms. The first kappa shape index (κ1) is 16.3. The van der Waals surface area contributed by atoms with Crippen LogP contribution in [0.3, 0.4) is 0 Å². The van der Waals surface area contributed by atoms with E-state index >= 15 is 0 Å². The molecule has 0 spiro atoms. The van der Waals surface area contributed by atoms with Crippen molar-refractivity contribution in [2.75, 3.05) is 17.6 Å². The molecule has 1 N–H and O–H groups in total. The minimum Gasteiger partial charge on any atom is -0.384 e. The van der Waals surface area contributed by atoms with E-state index in [1.165, 1.54) is 0 Å². The maximum absolute atomic E-state index is 11.9. The third kappa shape index (κ3) is 5.41. The van der Waals surface area contributed by atoms with Crippen LogP contribution < -0.4 is 5.32 Å². The number of benzene rings is 1. The van der Waals surface area contributed by atoms with Crippen molar-refractivity contribution in [1.29, 1.82) is 0 Å². The summed E-state index contributed by atoms with van der Waals surface area (Å²) in [5, 5.41) is 3.32. The normalized spacial score (nSPS) is 13.2. The fourth-order valence-corrected chi connectivity index (χ4v) is 3.43. The summed E-state index contributed by atoms with van der Waals surface area (Å²) in [6.07, 6.45) is 2.66. The van der Waals surface area contributed by atoms with E-state index < -0.39 is 9.84 Å². The van der Waals surface area contributed by atoms with Gasteiger partial charge in [-0.15, -0.1) is 11.6 Å². The van der Waals surface area contributed by atoms with Gasteiger partial charge in [0, 0.05) is 12.2 Å². The zero-order chi connectivity index (χ0) is 14.3. The van der Waals surface area contributed by atoms with Crippen LogP contribution in [0.15, 0.2) is 29.2 Å². The van der Waals surface area contributed by atoms with Gasteiger partial charge in [-0.25, -0.2) is 8.42 Å². The van der Waals surface area contributed by atoms with E-state index in [4.69, 9.17) is 11.6 Å². The van der Waals surface area contributed by atoms with Gasteiger partial charge in [0.05, 0.1) is 16.0 Å². The summed E-state index contributed by atoms with van der Waals surface area (Å²) < 4.78 is 23.7. The van der Waals surface area contributed by atoms with Crippen LogP contribution in [0.4, 0.5) is 5.69 Å². The molecule has 1 atom stereocenters. The number of anilines is 1. The summed E-state index contributed by atoms with van der Waals surface area (Å²) in [5.74, 6) is 0.194. The molecule has 0 radical (unpaired) electrons. The molecule has 0 aromatic heterocycles. The lowest BCUT2D eigenvalue weighted by molar-refractivity contribution is 0.595. The second-order valence-corrected chi connectivity index (χ2v) is 7.34. The summed E-state index contributed by atoms with van der Waals surface area (Å²) in [7, 11) is -3.12. The van der Waals surface area contributed by atoms with Gasteiger partial charge in [-0.2, -0.15) is 0 Å². The predicted octanol–water partition coefficient (Wildman–Crippen LogP) is 3.69. The maximum Gasteiger partial charge on any atom is 0.178 e. The van der Waals surface area contributed by atoms with E-state index in [-0.39, 0.29) is 11.1 Å². The molecule has 1 unspecified atom stereocenters. The zero-order valence-corrected chi connectivity index (χ0v) is 13.1. The molecule has 1 aromatic carbocycles. The van der Waals surface area contributed by atoms with Crippen molar-refractivity contribution in [3.05, 3.63) is 24.3 Å². The van der Waals surface area contributed by atoms with Crippen LogP contribution in [-0.2, 0) is 9.84 Å². The van der Waals surface area contributed by atoms with Crippen molar-refractivity contribution in [2.24, 2.45) is 0 Å². The highest BCUT2D eigenvalue weighted by Gasteiger charge is 2.12. The van der Waals surface area contributed by atoms with Gasteiger partial charge in [0.1, 0.15) is 0 Å². The molecule has 0 heterocycles. The van der Waals surface area contributed by atoms with Crippen molar-refractivity contribution < 1.29 is 8.42 Å². The summed E-state index contributed by atoms with van der Waals surface area (Å²) in [6, 6.07) is 6.88. The molecule has 0 fully saturated rings. The van der Waals surface area contributed by atoms with E-state index in [1.807, 2.05) is 6.92 Å². The monoisotopic (exact) mass is 303 g/mol. The molecule has 1 aromatic rings. The Kier molecular flexibility index (Phi) is 6.66. The van der Waals surface area contributed by atoms with E-state index in [9.17, 15) is 8.42 Å². The number of rotatable bonds is 8. The molecular weight excluding hydrogens is 282 g/mol. The number of hydrogen-bond acceptors (Lipinski definition) is 3. The van der Waals surface area contributed by atoms with Crippen molar-refractivity contribution in [3.8, 4) is 0 Å². The van der Waals surface area contributed by atoms with Crippen LogP contribution in [0, 0.1) is 0 Å². The number of hydrogen-bond donors (Lipinski definition) is 1. The van der Waals surface area contributed by atoms with Gasteiger partial charge < -0.3 is 5.32 Å². The smallest absolute Gasteiger partial charge is 0.178 e. The molecular formula is C14H22ClNO2S. The van der Waals surface area contributed by atoms with Gasteiger partial charge in [0.25, 0.3) is 0 Å². The highest BCUT2D eigenvalue weighted by atomic mass is 35.5. The molecule has 0 aliphatic carbocycles. The largest absolute Gasteiger partial charge is 0.384 e. The first-order valence-electron chi connectivity index (χ1n) is 6.70. The molecule has 0 saturated heterocycles. The number of nitrogens with one attached hydrogen (secondary N) is 1. The fourth-order valence-electron chi connectivity index (χ4n) is 1.81. The second kappa shape index (κ2) is 7.75. The summed E-state index contributed by atoms with van der Waals surface area (Å²) in [6.45, 7) is 4.65. The Labute approximate surface area is 121 Å². The Hall–Kier alpha value is -0.740. The third-order valence-corrected chi connectivity index (χ3v) is 5.12. The molecule has 3 nitrogen and oxygen atoms in total. The number of halogens is 1. The van der Waals surface area contributed by atoms with Gasteiger partial charge in [-0.05, 0) is 37.1 Å². The third-order valence-electron chi connectivity index (χ3n) is 2.82. The van der Waals surface area contributed by atoms with E-state index in [1.54, 1.807) is 24.3 Å². The molecule has 108 valence electrons. The molecule has 1 rings (SSSR count). The minimum atomic E-state index is -3.12. The number of sulfone groups is 1. The average Bonchev–Trinajstić information content (AvgIpc) is 2.37. The first-order valence-corrected chi connectivity index (χ1v) is 8.79. The van der Waals surface area contributed by atoms with Crippen LogP contribution in [0.25, 0.3) is 0 Å². The van der Waals surface area contributed by atoms with Gasteiger partial charge in [-0.3, -0.25) is 0 Å². The zero-order valence-electron chi connectivity index (χ0n) is 11.5. The predicted molar refractivity (Wildman–Crippen MR) is 81.8 cm³/mol. The molecule has 0 bridgehead atoms. The maximum atomic E-state index is 11.9. The Balaban J connectivity index is 2.62. The van der Waals surface area contributed by atoms with E-state index in [0.29, 0.717) is 17.9 Å². The first-order chi connectivity index (χ1) is 8.99. The summed E-state index contributed by atoms with van der Waals surface area (Å²) in [5.41, 5.74) is 0.900. The minimum absolute atomic E-state index is 0.105. The Morgan fingerprint density at radius 2 is 1.79 bits per heavy atom. The van der Waals surface area contributed by atoms with Crippen LogP contribution >= 0.6 is 11.6 Å². The van der Waals surface area contributed by atoms with E-state index in [0.717, 1.165) is 18.5 Å². The quantitative estimate of drug-likeness (QED) is 0.745. The molecule has 5 heteroatoms. The van der Waals surface area contributed by atoms with Gasteiger partial charge in [0.2, 0.25) is 0 Å². The molecule has 0 aliphatic heterocycles. The summed E-state index contributed by atoms with van der Waals surface area (Å²) >= 11 is 6.12. The molecule has 0 saturated carbocycles. The van der Waals surface area contributed by atoms with Gasteiger partial charge >= 0.3 is 0 Å². The van der Waals surface area contributed by atoms with Crippen LogP contribution in [0.1, 0.15) is 33.1 Å². The van der Waals surface area contributed by atoms with Crippen molar-refractivity contribution in [2.45, 2.75) is 43.4 Å². The summed E-state index contributed by atoms with van der Waals surface area (Å²) in [4.78, 5) is 0.385. The topological polar surface area (TPSA) is 46.2 Å². The SMILES string of the molecule is CCCC(Cl)CNc1ccc(S(=O)(=O)CCC)cc1. The van der Waals surface area contributed by atoms with Gasteiger partial charge in [0.15, 0.2) is 9.84 Å². The van der Waals surface area contributed by atoms with E-state index in [2.05, 4.69) is 12.2 Å². The lowest BCUT2D eigenvalue weighted by Crippen LogP contribution is -2.14. The second-order valence-electron chi connectivity index (χ2n) is 4.61. The Bertz CT molecular complexity index is 471. The lowest BCUT2D eigenvalue weighted by Gasteiger charge is -2.11. The number of alkyl halides is 1. The standard InChI is InChI=1S/C14H22ClNO2S/c1-3-5-12(15)11-16-13-6-8-14(9-7-13)19(17,18)10-4-2/h6-9,12,16H,3-5,10-11H2,1-2H3. The van der Waals surface area contributed by atoms with Crippen molar-refractivity contribution >= 4 is 27.1 Å². The van der Waals surface area contributed by atoms with Crippen LogP contribution in [0.2, 0.25) is 0 Å². The van der Waals surface area contributed by atoms with Crippen molar-refractivity contribution in [3.63, 3.8) is 0 Å². The molecule has 0 aliphatic rings. The van der Waals surface area contributed by atoms with Gasteiger partial charge in [-0.1, -0.05) is 20.3 Å². The van der Waals surface area contributed by atoms with Crippen LogP contribution in [0.5, 0.6) is 0 Å². The Morgan fingerprint density at radius 1 is 1.16 bits per heavy atom. The Morgan fingerprint density at radius 3 is 2.32 bits per heavy atom. The van der Waals surface area contributed by atoms with Crippen molar-refractivity contribution in [1.82, 2.24) is 0 Å². The highest BCUT2D eigenvalue weighted by molar-refractivity contribution is 7.91. The fraction of sp³-hybridized carbons (Fsp3) is 0.571. The molecule has 0 amide bonds. The van der Waals surface area contributed by atoms with Crippen LogP contribution in [-0.4, -0.2) is 26.1 Å². The highest BCUT2D eigenvalue weighted by Crippen LogP contribution is 2.16. The lowest BCUT2D eigenvalue weighted by atomic mass is 10.2.